The molecule has 0 unspecified atom stereocenters. The largest absolute Gasteiger partial charge is 0.395 e. The third-order valence-electron chi connectivity index (χ3n) is 6.03. The van der Waals surface area contributed by atoms with E-state index in [1.165, 1.54) is 16.7 Å². The Morgan fingerprint density at radius 3 is 1.41 bits per heavy atom. The molecule has 6 heteroatoms. The molecule has 3 aromatic heterocycles. The maximum absolute atomic E-state index is 9.68. The van der Waals surface area contributed by atoms with E-state index in [-0.39, 0.29) is 6.61 Å². The minimum atomic E-state index is 0.0824. The summed E-state index contributed by atoms with van der Waals surface area (Å²) in [6, 6.07) is 12.4. The summed E-state index contributed by atoms with van der Waals surface area (Å²) in [6.07, 6.45) is 12.6. The Bertz CT molecular complexity index is 1000. The molecule has 6 nitrogen and oxygen atoms in total. The van der Waals surface area contributed by atoms with Gasteiger partial charge in [-0.2, -0.15) is 0 Å². The van der Waals surface area contributed by atoms with Crippen LogP contribution in [0.1, 0.15) is 54.5 Å². The van der Waals surface area contributed by atoms with Crippen LogP contribution in [0.2, 0.25) is 0 Å². The standard InChI is InChI=1S/C28H37N5O/c1-4-23-10-7-13-29-26(23)20-32(18-19-34)16-17-33(21-27-24(5-2)11-8-14-30-27)22-28-25(6-3)12-9-15-31-28/h7-17,34H,4-6,18-22H2,1-3H3. The zero-order chi connectivity index (χ0) is 24.2. The van der Waals surface area contributed by atoms with Gasteiger partial charge in [0.2, 0.25) is 0 Å². The Labute approximate surface area is 204 Å². The number of aliphatic hydroxyl groups excluding tert-OH is 1. The zero-order valence-electron chi connectivity index (χ0n) is 20.7. The van der Waals surface area contributed by atoms with Gasteiger partial charge in [-0.05, 0) is 54.2 Å². The van der Waals surface area contributed by atoms with Gasteiger partial charge in [-0.1, -0.05) is 39.0 Å². The van der Waals surface area contributed by atoms with Crippen LogP contribution in [0.4, 0.5) is 0 Å². The highest BCUT2D eigenvalue weighted by atomic mass is 16.3. The van der Waals surface area contributed by atoms with Crippen molar-refractivity contribution in [3.05, 3.63) is 101 Å². The van der Waals surface area contributed by atoms with Crippen LogP contribution < -0.4 is 0 Å². The third kappa shape index (κ3) is 7.12. The maximum Gasteiger partial charge on any atom is 0.0628 e. The van der Waals surface area contributed by atoms with Crippen molar-refractivity contribution >= 4 is 0 Å². The second-order valence-corrected chi connectivity index (χ2v) is 8.29. The molecule has 0 bridgehead atoms. The fourth-order valence-corrected chi connectivity index (χ4v) is 4.07. The van der Waals surface area contributed by atoms with E-state index in [9.17, 15) is 5.11 Å². The second kappa shape index (κ2) is 13.5. The lowest BCUT2D eigenvalue weighted by molar-refractivity contribution is 0.228. The lowest BCUT2D eigenvalue weighted by atomic mass is 10.1. The van der Waals surface area contributed by atoms with Crippen molar-refractivity contribution < 1.29 is 5.11 Å². The normalized spacial score (nSPS) is 11.2. The van der Waals surface area contributed by atoms with Crippen LogP contribution >= 0.6 is 0 Å². The predicted octanol–water partition coefficient (Wildman–Crippen LogP) is 4.53. The third-order valence-corrected chi connectivity index (χ3v) is 6.03. The number of aryl methyl sites for hydroxylation is 3. The van der Waals surface area contributed by atoms with Crippen LogP contribution in [-0.2, 0) is 38.9 Å². The molecule has 180 valence electrons. The number of aliphatic hydroxyl groups is 1. The average molecular weight is 460 g/mol. The van der Waals surface area contributed by atoms with Gasteiger partial charge in [0.1, 0.15) is 0 Å². The Kier molecular flexibility index (Phi) is 10.0. The van der Waals surface area contributed by atoms with Crippen LogP contribution in [-0.4, -0.2) is 43.0 Å². The first kappa shape index (κ1) is 25.4. The quantitative estimate of drug-likeness (QED) is 0.405. The summed E-state index contributed by atoms with van der Waals surface area (Å²) in [5, 5.41) is 9.68. The number of aromatic nitrogens is 3. The van der Waals surface area contributed by atoms with Crippen molar-refractivity contribution in [1.82, 2.24) is 24.8 Å². The van der Waals surface area contributed by atoms with Crippen LogP contribution in [0, 0.1) is 0 Å². The van der Waals surface area contributed by atoms with Crippen molar-refractivity contribution in [3.8, 4) is 0 Å². The summed E-state index contributed by atoms with van der Waals surface area (Å²) < 4.78 is 0. The number of rotatable bonds is 13. The molecule has 0 aliphatic carbocycles. The van der Waals surface area contributed by atoms with E-state index in [0.717, 1.165) is 36.3 Å². The van der Waals surface area contributed by atoms with Gasteiger partial charge < -0.3 is 14.9 Å². The summed E-state index contributed by atoms with van der Waals surface area (Å²) in [5.41, 5.74) is 6.95. The van der Waals surface area contributed by atoms with Gasteiger partial charge >= 0.3 is 0 Å². The lowest BCUT2D eigenvalue weighted by Crippen LogP contribution is -2.25. The molecule has 3 aromatic rings. The van der Waals surface area contributed by atoms with E-state index in [4.69, 9.17) is 0 Å². The molecule has 0 aromatic carbocycles. The van der Waals surface area contributed by atoms with Crippen molar-refractivity contribution in [1.29, 1.82) is 0 Å². The summed E-state index contributed by atoms with van der Waals surface area (Å²) in [6.45, 7) is 9.13. The smallest absolute Gasteiger partial charge is 0.0628 e. The lowest BCUT2D eigenvalue weighted by Gasteiger charge is -2.25. The van der Waals surface area contributed by atoms with Crippen LogP contribution in [0.3, 0.4) is 0 Å². The Balaban J connectivity index is 1.87. The first-order valence-corrected chi connectivity index (χ1v) is 12.2. The molecule has 0 aliphatic rings. The molecule has 0 atom stereocenters. The molecule has 3 rings (SSSR count). The highest BCUT2D eigenvalue weighted by molar-refractivity contribution is 5.23. The monoisotopic (exact) mass is 459 g/mol. The Hall–Kier alpha value is -3.25. The summed E-state index contributed by atoms with van der Waals surface area (Å²) in [7, 11) is 0. The fourth-order valence-electron chi connectivity index (χ4n) is 4.07. The van der Waals surface area contributed by atoms with E-state index in [1.807, 2.05) is 36.8 Å². The number of nitrogens with zero attached hydrogens (tertiary/aromatic N) is 5. The Morgan fingerprint density at radius 1 is 0.647 bits per heavy atom. The number of hydrogen-bond donors (Lipinski definition) is 1. The van der Waals surface area contributed by atoms with Crippen molar-refractivity contribution in [2.24, 2.45) is 0 Å². The van der Waals surface area contributed by atoms with Crippen LogP contribution in [0.5, 0.6) is 0 Å². The first-order valence-electron chi connectivity index (χ1n) is 12.2. The molecule has 0 saturated carbocycles. The summed E-state index contributed by atoms with van der Waals surface area (Å²) in [5.74, 6) is 0. The molecule has 3 heterocycles. The number of hydrogen-bond acceptors (Lipinski definition) is 6. The highest BCUT2D eigenvalue weighted by Gasteiger charge is 2.12. The zero-order valence-corrected chi connectivity index (χ0v) is 20.7. The van der Waals surface area contributed by atoms with Gasteiger partial charge in [-0.15, -0.1) is 0 Å². The fraction of sp³-hybridized carbons (Fsp3) is 0.393. The highest BCUT2D eigenvalue weighted by Crippen LogP contribution is 2.16. The van der Waals surface area contributed by atoms with Gasteiger partial charge in [0.25, 0.3) is 0 Å². The molecule has 34 heavy (non-hydrogen) atoms. The van der Waals surface area contributed by atoms with Gasteiger partial charge in [0.05, 0.1) is 43.3 Å². The average Bonchev–Trinajstić information content (AvgIpc) is 2.88. The van der Waals surface area contributed by atoms with Gasteiger partial charge in [0, 0.05) is 37.5 Å². The molecule has 0 amide bonds. The van der Waals surface area contributed by atoms with E-state index in [1.54, 1.807) is 0 Å². The van der Waals surface area contributed by atoms with E-state index in [0.29, 0.717) is 26.2 Å². The molecule has 0 saturated heterocycles. The topological polar surface area (TPSA) is 65.4 Å². The summed E-state index contributed by atoms with van der Waals surface area (Å²) >= 11 is 0. The number of pyridine rings is 3. The molecule has 0 fully saturated rings. The van der Waals surface area contributed by atoms with Gasteiger partial charge in [-0.3, -0.25) is 15.0 Å². The second-order valence-electron chi connectivity index (χ2n) is 8.29. The minimum Gasteiger partial charge on any atom is -0.395 e. The van der Waals surface area contributed by atoms with Crippen molar-refractivity contribution in [2.75, 3.05) is 13.2 Å². The van der Waals surface area contributed by atoms with Crippen molar-refractivity contribution in [2.45, 2.75) is 59.7 Å². The SMILES string of the molecule is CCc1cccnc1CN(C=CN(Cc1ncccc1CC)Cc1ncccc1CC)CCO. The van der Waals surface area contributed by atoms with Crippen LogP contribution in [0.25, 0.3) is 0 Å². The molecule has 0 spiro atoms. The minimum absolute atomic E-state index is 0.0824. The molecule has 0 radical (unpaired) electrons. The molecular weight excluding hydrogens is 422 g/mol. The van der Waals surface area contributed by atoms with E-state index >= 15 is 0 Å². The predicted molar refractivity (Wildman–Crippen MR) is 137 cm³/mol. The molecular formula is C28H37N5O. The summed E-state index contributed by atoms with van der Waals surface area (Å²) in [4.78, 5) is 18.3. The van der Waals surface area contributed by atoms with E-state index in [2.05, 4.69) is 76.1 Å². The van der Waals surface area contributed by atoms with Gasteiger partial charge in [-0.25, -0.2) is 0 Å². The first-order chi connectivity index (χ1) is 16.7. The Morgan fingerprint density at radius 2 is 1.03 bits per heavy atom. The van der Waals surface area contributed by atoms with Gasteiger partial charge in [0.15, 0.2) is 0 Å². The maximum atomic E-state index is 9.68. The molecule has 0 aliphatic heterocycles. The van der Waals surface area contributed by atoms with E-state index < -0.39 is 0 Å². The van der Waals surface area contributed by atoms with Crippen LogP contribution in [0.15, 0.2) is 67.4 Å². The molecule has 1 N–H and O–H groups in total. The van der Waals surface area contributed by atoms with Crippen molar-refractivity contribution in [3.63, 3.8) is 0 Å².